The molecule has 1 saturated heterocycles. The van der Waals surface area contributed by atoms with Crippen LogP contribution >= 0.6 is 7.60 Å². The van der Waals surface area contributed by atoms with Crippen molar-refractivity contribution in [3.8, 4) is 0 Å². The molecule has 0 spiro atoms. The van der Waals surface area contributed by atoms with Gasteiger partial charge in [0.2, 0.25) is 0 Å². The van der Waals surface area contributed by atoms with Crippen LogP contribution in [0.25, 0.3) is 0 Å². The molecule has 0 saturated carbocycles. The number of rotatable bonds is 2. The second-order valence-corrected chi connectivity index (χ2v) is 5.39. The topological polar surface area (TPSA) is 127 Å². The third kappa shape index (κ3) is 3.22. The van der Waals surface area contributed by atoms with Gasteiger partial charge in [-0.2, -0.15) is 0 Å². The first-order valence-corrected chi connectivity index (χ1v) is 6.26. The van der Waals surface area contributed by atoms with Gasteiger partial charge in [-0.1, -0.05) is 0 Å². The van der Waals surface area contributed by atoms with E-state index in [-0.39, 0.29) is 0 Å². The minimum Gasteiger partial charge on any atom is -0.388 e. The van der Waals surface area contributed by atoms with Crippen LogP contribution in [0.5, 0.6) is 0 Å². The van der Waals surface area contributed by atoms with Crippen LogP contribution in [0, 0.1) is 0 Å². The summed E-state index contributed by atoms with van der Waals surface area (Å²) in [7, 11) is -4.32. The molecule has 1 fully saturated rings. The Bertz CT molecular complexity index is 264. The maximum absolute atomic E-state index is 10.7. The van der Waals surface area contributed by atoms with Crippen molar-refractivity contribution < 1.29 is 34.4 Å². The number of ether oxygens (including phenoxy) is 1. The van der Waals surface area contributed by atoms with E-state index >= 15 is 0 Å². The number of aliphatic hydroxyl groups excluding tert-OH is 3. The first-order valence-electron chi connectivity index (χ1n) is 4.46. The van der Waals surface area contributed by atoms with E-state index in [1.54, 1.807) is 0 Å². The van der Waals surface area contributed by atoms with Crippen LogP contribution in [0.4, 0.5) is 0 Å². The van der Waals surface area contributed by atoms with E-state index in [2.05, 4.69) is 0 Å². The first-order chi connectivity index (χ1) is 6.72. The summed E-state index contributed by atoms with van der Waals surface area (Å²) in [5.74, 6) is 0. The highest BCUT2D eigenvalue weighted by Gasteiger charge is 2.43. The smallest absolute Gasteiger partial charge is 0.328 e. The molecule has 0 aromatic heterocycles. The average molecular weight is 242 g/mol. The van der Waals surface area contributed by atoms with E-state index < -0.39 is 44.3 Å². The summed E-state index contributed by atoms with van der Waals surface area (Å²) in [5, 5.41) is 28.1. The van der Waals surface area contributed by atoms with Gasteiger partial charge in [0.05, 0.1) is 18.4 Å². The summed E-state index contributed by atoms with van der Waals surface area (Å²) >= 11 is 0. The molecule has 0 aromatic rings. The van der Waals surface area contributed by atoms with Crippen molar-refractivity contribution in [2.75, 3.05) is 6.16 Å². The van der Waals surface area contributed by atoms with Crippen LogP contribution < -0.4 is 0 Å². The van der Waals surface area contributed by atoms with Crippen LogP contribution in [-0.2, 0) is 9.30 Å². The molecule has 90 valence electrons. The summed E-state index contributed by atoms with van der Waals surface area (Å²) in [4.78, 5) is 17.4. The molecule has 8 heteroatoms. The standard InChI is InChI=1S/C7H15O7P/c1-3-5(8)7(10)6(9)4(14-3)2-15(11,12)13/h3-10H,2H2,1H3,(H2,11,12,13)/t3-,4-,5-,6-,7+/m0/s1. The maximum Gasteiger partial charge on any atom is 0.328 e. The SMILES string of the molecule is C[C@@H]1O[C@@H](CP(=O)(O)O)[C@H](O)[C@H](O)[C@H]1O. The molecule has 5 atom stereocenters. The highest BCUT2D eigenvalue weighted by molar-refractivity contribution is 7.51. The Morgan fingerprint density at radius 1 is 1.13 bits per heavy atom. The van der Waals surface area contributed by atoms with E-state index in [0.29, 0.717) is 0 Å². The van der Waals surface area contributed by atoms with Crippen molar-refractivity contribution in [2.45, 2.75) is 37.4 Å². The molecule has 0 aliphatic carbocycles. The van der Waals surface area contributed by atoms with Crippen molar-refractivity contribution in [3.05, 3.63) is 0 Å². The van der Waals surface area contributed by atoms with Crippen LogP contribution in [0.15, 0.2) is 0 Å². The zero-order chi connectivity index (χ0) is 11.8. The minimum atomic E-state index is -4.32. The lowest BCUT2D eigenvalue weighted by Crippen LogP contribution is -2.57. The van der Waals surface area contributed by atoms with Gasteiger partial charge < -0.3 is 29.8 Å². The highest BCUT2D eigenvalue weighted by Crippen LogP contribution is 2.38. The molecule has 1 aliphatic heterocycles. The Balaban J connectivity index is 2.71. The molecule has 1 aliphatic rings. The van der Waals surface area contributed by atoms with E-state index in [0.717, 1.165) is 0 Å². The predicted octanol–water partition coefficient (Wildman–Crippen LogP) is -1.97. The van der Waals surface area contributed by atoms with Crippen molar-refractivity contribution in [1.29, 1.82) is 0 Å². The normalized spacial score (nSPS) is 42.9. The lowest BCUT2D eigenvalue weighted by molar-refractivity contribution is -0.211. The monoisotopic (exact) mass is 242 g/mol. The van der Waals surface area contributed by atoms with E-state index in [9.17, 15) is 19.9 Å². The fourth-order valence-electron chi connectivity index (χ4n) is 1.52. The van der Waals surface area contributed by atoms with Gasteiger partial charge in [0, 0.05) is 0 Å². The molecule has 0 unspecified atom stereocenters. The summed E-state index contributed by atoms with van der Waals surface area (Å²) in [5.41, 5.74) is 0. The van der Waals surface area contributed by atoms with Crippen LogP contribution in [0.3, 0.4) is 0 Å². The van der Waals surface area contributed by atoms with Gasteiger partial charge in [-0.3, -0.25) is 4.57 Å². The molecular formula is C7H15O7P. The van der Waals surface area contributed by atoms with Crippen molar-refractivity contribution in [2.24, 2.45) is 0 Å². The summed E-state index contributed by atoms with van der Waals surface area (Å²) in [6.45, 7) is 1.45. The second-order valence-electron chi connectivity index (χ2n) is 3.70. The highest BCUT2D eigenvalue weighted by atomic mass is 31.2. The van der Waals surface area contributed by atoms with E-state index in [4.69, 9.17) is 14.5 Å². The van der Waals surface area contributed by atoms with Crippen LogP contribution in [-0.4, -0.2) is 61.8 Å². The van der Waals surface area contributed by atoms with Gasteiger partial charge in [-0.05, 0) is 6.92 Å². The molecule has 0 bridgehead atoms. The third-order valence-electron chi connectivity index (χ3n) is 2.37. The lowest BCUT2D eigenvalue weighted by Gasteiger charge is -2.39. The molecule has 0 amide bonds. The van der Waals surface area contributed by atoms with Gasteiger partial charge in [0.25, 0.3) is 0 Å². The summed E-state index contributed by atoms with van der Waals surface area (Å²) in [6, 6.07) is 0. The summed E-state index contributed by atoms with van der Waals surface area (Å²) < 4.78 is 15.7. The third-order valence-corrected chi connectivity index (χ3v) is 3.20. The predicted molar refractivity (Wildman–Crippen MR) is 49.3 cm³/mol. The van der Waals surface area contributed by atoms with Gasteiger partial charge in [0.1, 0.15) is 18.3 Å². The fraction of sp³-hybridized carbons (Fsp3) is 1.00. The van der Waals surface area contributed by atoms with Crippen molar-refractivity contribution in [3.63, 3.8) is 0 Å². The van der Waals surface area contributed by atoms with Crippen LogP contribution in [0.2, 0.25) is 0 Å². The van der Waals surface area contributed by atoms with Crippen molar-refractivity contribution in [1.82, 2.24) is 0 Å². The first kappa shape index (κ1) is 13.1. The average Bonchev–Trinajstić information content (AvgIpc) is 2.08. The largest absolute Gasteiger partial charge is 0.388 e. The lowest BCUT2D eigenvalue weighted by atomic mass is 9.96. The summed E-state index contributed by atoms with van der Waals surface area (Å²) in [6.07, 6.45) is -6.83. The number of hydrogen-bond acceptors (Lipinski definition) is 5. The Hall–Kier alpha value is -0.0100. The van der Waals surface area contributed by atoms with E-state index in [1.807, 2.05) is 0 Å². The van der Waals surface area contributed by atoms with Gasteiger partial charge in [-0.25, -0.2) is 0 Å². The molecule has 15 heavy (non-hydrogen) atoms. The zero-order valence-electron chi connectivity index (χ0n) is 8.09. The molecular weight excluding hydrogens is 227 g/mol. The van der Waals surface area contributed by atoms with Crippen LogP contribution in [0.1, 0.15) is 6.92 Å². The molecule has 1 rings (SSSR count). The Morgan fingerprint density at radius 2 is 1.67 bits per heavy atom. The molecule has 7 nitrogen and oxygen atoms in total. The van der Waals surface area contributed by atoms with Gasteiger partial charge in [-0.15, -0.1) is 0 Å². The molecule has 0 aromatic carbocycles. The zero-order valence-corrected chi connectivity index (χ0v) is 8.99. The number of aliphatic hydroxyl groups is 3. The van der Waals surface area contributed by atoms with Gasteiger partial charge >= 0.3 is 7.60 Å². The Morgan fingerprint density at radius 3 is 2.13 bits per heavy atom. The van der Waals surface area contributed by atoms with Gasteiger partial charge in [0.15, 0.2) is 0 Å². The Labute approximate surface area is 86.5 Å². The van der Waals surface area contributed by atoms with Crippen molar-refractivity contribution >= 4 is 7.60 Å². The quantitative estimate of drug-likeness (QED) is 0.355. The Kier molecular flexibility index (Phi) is 3.89. The second kappa shape index (κ2) is 4.47. The molecule has 0 radical (unpaired) electrons. The van der Waals surface area contributed by atoms with E-state index in [1.165, 1.54) is 6.92 Å². The number of hydrogen-bond donors (Lipinski definition) is 5. The molecule has 5 N–H and O–H groups in total. The maximum atomic E-state index is 10.7. The molecule has 1 heterocycles. The fourth-order valence-corrected chi connectivity index (χ4v) is 2.29. The minimum absolute atomic E-state index is 0.678.